The van der Waals surface area contributed by atoms with Gasteiger partial charge in [0.1, 0.15) is 0 Å². The van der Waals surface area contributed by atoms with Crippen molar-refractivity contribution in [2.24, 2.45) is 0 Å². The van der Waals surface area contributed by atoms with Crippen LogP contribution in [-0.2, 0) is 16.2 Å². The third-order valence-corrected chi connectivity index (χ3v) is 27.0. The van der Waals surface area contributed by atoms with E-state index in [0.717, 1.165) is 119 Å². The molecule has 22 rings (SSSR count). The Balaban J connectivity index is 0.653. The quantitative estimate of drug-likeness (QED) is 0.137. The van der Waals surface area contributed by atoms with E-state index >= 15 is 0 Å². The van der Waals surface area contributed by atoms with Crippen LogP contribution in [0.5, 0.6) is 0 Å². The summed E-state index contributed by atoms with van der Waals surface area (Å²) in [5.41, 5.74) is 27.5. The van der Waals surface area contributed by atoms with Crippen LogP contribution in [0.3, 0.4) is 0 Å². The average molecular weight is 1530 g/mol. The topological polar surface area (TPSA) is 96.8 Å². The lowest BCUT2D eigenvalue weighted by atomic mass is 9.73. The molecule has 0 amide bonds. The van der Waals surface area contributed by atoms with Gasteiger partial charge in [-0.05, 0) is 197 Å². The van der Waals surface area contributed by atoms with Gasteiger partial charge >= 0.3 is 0 Å². The van der Waals surface area contributed by atoms with Crippen molar-refractivity contribution < 1.29 is 0 Å². The molecule has 12 nitrogen and oxygen atoms in total. The van der Waals surface area contributed by atoms with E-state index in [-0.39, 0.29) is 16.2 Å². The van der Waals surface area contributed by atoms with Crippen molar-refractivity contribution in [3.05, 3.63) is 362 Å². The summed E-state index contributed by atoms with van der Waals surface area (Å²) in [5.74, 6) is 1.57. The van der Waals surface area contributed by atoms with Crippen molar-refractivity contribution in [2.75, 3.05) is 29.4 Å². The lowest BCUT2D eigenvalue weighted by Crippen LogP contribution is -2.31. The number of fused-ring (bicyclic) bond motifs is 12. The van der Waals surface area contributed by atoms with Gasteiger partial charge in [-0.3, -0.25) is 0 Å². The zero-order chi connectivity index (χ0) is 76.3. The zero-order valence-corrected chi connectivity index (χ0v) is 65.7. The second-order valence-electron chi connectivity index (χ2n) is 31.2. The largest absolute Gasteiger partial charge is 0.308 e. The van der Waals surface area contributed by atoms with Crippen LogP contribution < -0.4 is 29.4 Å². The molecular weight excluding hydrogens is 1450 g/mol. The number of nitrogens with zero attached hydrogens (tertiary/aromatic N) is 12. The lowest BCUT2D eigenvalue weighted by Gasteiger charge is -2.42. The van der Waals surface area contributed by atoms with E-state index < -0.39 is 0 Å². The van der Waals surface area contributed by atoms with E-state index in [0.29, 0.717) is 17.5 Å². The summed E-state index contributed by atoms with van der Waals surface area (Å²) >= 11 is 5.46. The maximum absolute atomic E-state index is 5.33. The monoisotopic (exact) mass is 1520 g/mol. The summed E-state index contributed by atoms with van der Waals surface area (Å²) in [6.07, 6.45) is 11.7. The van der Waals surface area contributed by atoms with Gasteiger partial charge in [0.15, 0.2) is 17.5 Å². The number of para-hydroxylation sites is 9. The molecule has 546 valence electrons. The van der Waals surface area contributed by atoms with Crippen LogP contribution in [0.15, 0.2) is 358 Å². The molecule has 0 bridgehead atoms. The lowest BCUT2D eigenvalue weighted by molar-refractivity contribution is 0.631. The van der Waals surface area contributed by atoms with Crippen molar-refractivity contribution in [1.82, 2.24) is 29.9 Å². The van der Waals surface area contributed by atoms with Gasteiger partial charge in [-0.25, -0.2) is 29.9 Å². The SMILES string of the molecule is CC1(C)c2ccccc2N(c2cnc(-c3cc(-c4ncc(N5c6ccccc6C(C)(C)c6cc(N7c8ccccc8Sc8ccccc87)ccc65)cn4)cc(-c4ncc(N5c6ccccc6C(C)(C)c6cc(N7c8ccccc8Sc8ccccc87)ccc65)cn4)c3)nc2)c2ccc(N3c4ccccc4Sc4ccccc43)cc21. The highest BCUT2D eigenvalue weighted by Crippen LogP contribution is 2.61. The first-order valence-electron chi connectivity index (χ1n) is 38.5. The standard InChI is InChI=1S/C99H72N12S3/c1-97(2)70-25-7-10-28-76(70)109(79-46-43-64(52-73(79)97)106-82-31-13-19-37-88(82)112-89-38-20-14-32-83(89)106)67-55-100-94(101-56-67)61-49-62(95-102-57-68(58-103-95)110-77-29-11-8-26-71(77)98(3,4)74-53-65(44-47-80(74)110)107-84-33-15-21-39-90(84)113-91-40-22-16-34-85(91)107)51-63(50-61)96-104-59-69(60-105-96)111-78-30-12-9-27-72(78)99(5,6)75-54-66(45-48-81(75)111)108-86-35-17-23-41-92(86)114-93-42-24-18-36-87(93)108/h7-60H,1-6H3. The molecule has 0 unspecified atom stereocenters. The highest BCUT2D eigenvalue weighted by Gasteiger charge is 2.43. The molecule has 0 radical (unpaired) electrons. The fourth-order valence-electron chi connectivity index (χ4n) is 18.0. The Morgan fingerprint density at radius 3 is 0.623 bits per heavy atom. The number of anilines is 18. The van der Waals surface area contributed by atoms with Gasteiger partial charge < -0.3 is 29.4 Å². The molecule has 114 heavy (non-hydrogen) atoms. The van der Waals surface area contributed by atoms with Gasteiger partial charge in [0, 0.05) is 79.4 Å². The highest BCUT2D eigenvalue weighted by atomic mass is 32.2. The molecule has 0 saturated heterocycles. The molecule has 0 N–H and O–H groups in total. The molecule has 0 saturated carbocycles. The number of benzene rings is 13. The van der Waals surface area contributed by atoms with Crippen molar-refractivity contribution in [1.29, 1.82) is 0 Å². The number of rotatable bonds is 9. The zero-order valence-electron chi connectivity index (χ0n) is 63.3. The molecule has 6 aliphatic heterocycles. The molecule has 16 aromatic rings. The minimum absolute atomic E-state index is 0.365. The summed E-state index contributed by atoms with van der Waals surface area (Å²) in [6.45, 7) is 14.0. The van der Waals surface area contributed by atoms with E-state index in [9.17, 15) is 0 Å². The Kier molecular flexibility index (Phi) is 15.5. The van der Waals surface area contributed by atoms with Gasteiger partial charge in [0.25, 0.3) is 0 Å². The molecule has 9 heterocycles. The summed E-state index contributed by atoms with van der Waals surface area (Å²) in [7, 11) is 0. The fourth-order valence-corrected chi connectivity index (χ4v) is 21.2. The molecule has 6 aliphatic rings. The maximum Gasteiger partial charge on any atom is 0.159 e. The summed E-state index contributed by atoms with van der Waals surface area (Å²) < 4.78 is 0. The highest BCUT2D eigenvalue weighted by molar-refractivity contribution is 8.00. The first-order chi connectivity index (χ1) is 55.8. The van der Waals surface area contributed by atoms with E-state index in [2.05, 4.69) is 362 Å². The number of hydrogen-bond donors (Lipinski definition) is 0. The molecule has 3 aromatic heterocycles. The predicted octanol–water partition coefficient (Wildman–Crippen LogP) is 27.2. The second kappa shape index (κ2) is 26.0. The third kappa shape index (κ3) is 10.6. The van der Waals surface area contributed by atoms with Crippen molar-refractivity contribution in [3.63, 3.8) is 0 Å². The van der Waals surface area contributed by atoms with E-state index in [1.807, 2.05) is 72.5 Å². The Morgan fingerprint density at radius 2 is 0.386 bits per heavy atom. The van der Waals surface area contributed by atoms with Gasteiger partial charge in [0.2, 0.25) is 0 Å². The minimum Gasteiger partial charge on any atom is -0.308 e. The average Bonchev–Trinajstić information content (AvgIpc) is 0.724. The molecule has 15 heteroatoms. The van der Waals surface area contributed by atoms with Crippen LogP contribution in [-0.4, -0.2) is 29.9 Å². The summed E-state index contributed by atoms with van der Waals surface area (Å²) in [6, 6.07) is 105. The maximum atomic E-state index is 5.33. The third-order valence-electron chi connectivity index (χ3n) is 23.6. The van der Waals surface area contributed by atoms with Gasteiger partial charge in [-0.15, -0.1) is 0 Å². The van der Waals surface area contributed by atoms with E-state index in [4.69, 9.17) is 29.9 Å². The number of aromatic nitrogens is 6. The van der Waals surface area contributed by atoms with Crippen LogP contribution in [0.2, 0.25) is 0 Å². The first kappa shape index (κ1) is 67.8. The van der Waals surface area contributed by atoms with Crippen LogP contribution in [0.1, 0.15) is 74.9 Å². The Bertz CT molecular complexity index is 5860. The fraction of sp³-hybridized carbons (Fsp3) is 0.0909. The normalized spacial score (nSPS) is 15.1. The van der Waals surface area contributed by atoms with Crippen LogP contribution in [0, 0.1) is 0 Å². The van der Waals surface area contributed by atoms with Crippen LogP contribution >= 0.6 is 35.3 Å². The molecule has 13 aromatic carbocycles. The Morgan fingerprint density at radius 1 is 0.193 bits per heavy atom. The minimum atomic E-state index is -0.365. The first-order valence-corrected chi connectivity index (χ1v) is 41.0. The smallest absolute Gasteiger partial charge is 0.159 e. The van der Waals surface area contributed by atoms with E-state index in [1.165, 1.54) is 62.8 Å². The molecule has 0 fully saturated rings. The van der Waals surface area contributed by atoms with Gasteiger partial charge in [0.05, 0.1) is 122 Å². The van der Waals surface area contributed by atoms with Gasteiger partial charge in [-0.2, -0.15) is 0 Å². The molecule has 0 spiro atoms. The number of hydrogen-bond acceptors (Lipinski definition) is 15. The predicted molar refractivity (Wildman–Crippen MR) is 466 cm³/mol. The van der Waals surface area contributed by atoms with E-state index in [1.54, 1.807) is 0 Å². The Hall–Kier alpha value is -13.1. The Labute approximate surface area is 675 Å². The molecular formula is C99H72N12S3. The van der Waals surface area contributed by atoms with Crippen molar-refractivity contribution in [2.45, 2.75) is 87.2 Å². The second-order valence-corrected chi connectivity index (χ2v) is 34.5. The molecule has 0 aliphatic carbocycles. The van der Waals surface area contributed by atoms with Crippen LogP contribution in [0.4, 0.5) is 102 Å². The summed E-state index contributed by atoms with van der Waals surface area (Å²) in [5, 5.41) is 0. The summed E-state index contributed by atoms with van der Waals surface area (Å²) in [4.78, 5) is 53.5. The van der Waals surface area contributed by atoms with Crippen molar-refractivity contribution in [3.8, 4) is 34.2 Å². The van der Waals surface area contributed by atoms with Crippen LogP contribution in [0.25, 0.3) is 34.2 Å². The van der Waals surface area contributed by atoms with Crippen molar-refractivity contribution >= 4 is 138 Å². The van der Waals surface area contributed by atoms with Gasteiger partial charge in [-0.1, -0.05) is 204 Å². The molecule has 0 atom stereocenters.